The zero-order chi connectivity index (χ0) is 26.3. The molecule has 0 amide bonds. The number of sulfonamides is 2. The van der Waals surface area contributed by atoms with Crippen LogP contribution in [0.5, 0.6) is 0 Å². The van der Waals surface area contributed by atoms with Gasteiger partial charge in [0.05, 0.1) is 22.1 Å². The van der Waals surface area contributed by atoms with Crippen molar-refractivity contribution in [2.24, 2.45) is 0 Å². The van der Waals surface area contributed by atoms with Crippen molar-refractivity contribution in [3.63, 3.8) is 0 Å². The Hall–Kier alpha value is -2.56. The van der Waals surface area contributed by atoms with Crippen LogP contribution < -0.4 is 9.44 Å². The third kappa shape index (κ3) is 7.24. The third-order valence-electron chi connectivity index (χ3n) is 6.03. The van der Waals surface area contributed by atoms with Crippen LogP contribution in [0.1, 0.15) is 43.4 Å². The minimum atomic E-state index is -3.84. The Morgan fingerprint density at radius 3 is 1.39 bits per heavy atom. The minimum Gasteiger partial charge on any atom is -0.266 e. The molecule has 3 aromatic carbocycles. The van der Waals surface area contributed by atoms with Crippen LogP contribution in [0.3, 0.4) is 0 Å². The van der Waals surface area contributed by atoms with E-state index in [1.165, 1.54) is 0 Å². The predicted molar refractivity (Wildman–Crippen MR) is 143 cm³/mol. The van der Waals surface area contributed by atoms with E-state index >= 15 is 0 Å². The highest BCUT2D eigenvalue weighted by atomic mass is 32.2. The summed E-state index contributed by atoms with van der Waals surface area (Å²) in [5.74, 6) is 0. The van der Waals surface area contributed by atoms with Gasteiger partial charge in [-0.3, -0.25) is 4.90 Å². The first-order valence-electron chi connectivity index (χ1n) is 12.0. The van der Waals surface area contributed by atoms with Crippen LogP contribution in [0.25, 0.3) is 0 Å². The number of hydrogen-bond donors (Lipinski definition) is 2. The summed E-state index contributed by atoms with van der Waals surface area (Å²) in [6.45, 7) is 7.90. The molecule has 0 aromatic heterocycles. The van der Waals surface area contributed by atoms with E-state index in [2.05, 4.69) is 9.44 Å². The molecule has 3 aromatic rings. The first-order valence-corrected chi connectivity index (χ1v) is 15.0. The van der Waals surface area contributed by atoms with Crippen LogP contribution in [0.2, 0.25) is 0 Å². The van der Waals surface area contributed by atoms with Crippen LogP contribution in [0, 0.1) is 13.8 Å². The minimum absolute atomic E-state index is 0.166. The molecule has 194 valence electrons. The molecule has 0 bridgehead atoms. The Labute approximate surface area is 215 Å². The first-order chi connectivity index (χ1) is 17.1. The highest BCUT2D eigenvalue weighted by Gasteiger charge is 2.31. The molecule has 0 spiro atoms. The van der Waals surface area contributed by atoms with E-state index in [1.807, 2.05) is 62.9 Å². The summed E-state index contributed by atoms with van der Waals surface area (Å²) in [6, 6.07) is 22.9. The van der Waals surface area contributed by atoms with Crippen molar-refractivity contribution >= 4 is 20.0 Å². The van der Waals surface area contributed by atoms with Crippen molar-refractivity contribution in [2.75, 3.05) is 0 Å². The summed E-state index contributed by atoms with van der Waals surface area (Å²) in [4.78, 5) is 2.20. The smallest absolute Gasteiger partial charge is 0.241 e. The largest absolute Gasteiger partial charge is 0.266 e. The molecule has 0 heterocycles. The van der Waals surface area contributed by atoms with E-state index < -0.39 is 32.4 Å². The number of rotatable bonds is 12. The summed E-state index contributed by atoms with van der Waals surface area (Å²) in [5, 5.41) is 0. The highest BCUT2D eigenvalue weighted by molar-refractivity contribution is 7.89. The average molecular weight is 530 g/mol. The van der Waals surface area contributed by atoms with Gasteiger partial charge in [0.2, 0.25) is 20.0 Å². The predicted octanol–water partition coefficient (Wildman–Crippen LogP) is 4.53. The second-order valence-electron chi connectivity index (χ2n) is 8.87. The van der Waals surface area contributed by atoms with Crippen molar-refractivity contribution in [1.29, 1.82) is 0 Å². The molecule has 0 aliphatic heterocycles. The zero-order valence-corrected chi connectivity index (χ0v) is 22.8. The molecule has 2 unspecified atom stereocenters. The molecule has 0 fully saturated rings. The molecule has 0 aliphatic rings. The average Bonchev–Trinajstić information content (AvgIpc) is 2.86. The summed E-state index contributed by atoms with van der Waals surface area (Å²) in [7, 11) is -7.67. The molecule has 0 aliphatic carbocycles. The summed E-state index contributed by atoms with van der Waals surface area (Å²) < 4.78 is 58.6. The summed E-state index contributed by atoms with van der Waals surface area (Å²) >= 11 is 0. The maximum Gasteiger partial charge on any atom is 0.241 e. The second kappa shape index (κ2) is 12.1. The van der Waals surface area contributed by atoms with Gasteiger partial charge in [-0.25, -0.2) is 16.8 Å². The van der Waals surface area contributed by atoms with E-state index in [-0.39, 0.29) is 9.79 Å². The molecule has 0 radical (unpaired) electrons. The van der Waals surface area contributed by atoms with Gasteiger partial charge in [0, 0.05) is 6.54 Å². The fraction of sp³-hybridized carbons (Fsp3) is 0.333. The second-order valence-corrected chi connectivity index (χ2v) is 12.3. The Kier molecular flexibility index (Phi) is 9.43. The Morgan fingerprint density at radius 1 is 0.639 bits per heavy atom. The number of nitrogens with zero attached hydrogens (tertiary/aromatic N) is 1. The molecule has 36 heavy (non-hydrogen) atoms. The van der Waals surface area contributed by atoms with Crippen molar-refractivity contribution < 1.29 is 16.8 Å². The van der Waals surface area contributed by atoms with Crippen LogP contribution >= 0.6 is 0 Å². The van der Waals surface area contributed by atoms with Gasteiger partial charge in [-0.1, -0.05) is 79.6 Å². The van der Waals surface area contributed by atoms with E-state index in [0.717, 1.165) is 16.7 Å². The highest BCUT2D eigenvalue weighted by Crippen LogP contribution is 2.20. The number of hydrogen-bond acceptors (Lipinski definition) is 5. The Morgan fingerprint density at radius 2 is 1.03 bits per heavy atom. The molecule has 2 atom stereocenters. The van der Waals surface area contributed by atoms with Gasteiger partial charge in [0.25, 0.3) is 0 Å². The quantitative estimate of drug-likeness (QED) is 0.336. The molecule has 9 heteroatoms. The van der Waals surface area contributed by atoms with Gasteiger partial charge in [0.1, 0.15) is 0 Å². The van der Waals surface area contributed by atoms with Gasteiger partial charge in [-0.15, -0.1) is 0 Å². The molecule has 3 rings (SSSR count). The van der Waals surface area contributed by atoms with E-state index in [9.17, 15) is 16.8 Å². The molecule has 0 saturated heterocycles. The van der Waals surface area contributed by atoms with E-state index in [1.54, 1.807) is 48.5 Å². The van der Waals surface area contributed by atoms with Crippen LogP contribution in [-0.2, 0) is 26.6 Å². The van der Waals surface area contributed by atoms with E-state index in [4.69, 9.17) is 0 Å². The lowest BCUT2D eigenvalue weighted by Crippen LogP contribution is -2.56. The van der Waals surface area contributed by atoms with Gasteiger partial charge in [0.15, 0.2) is 0 Å². The number of benzene rings is 3. The lowest BCUT2D eigenvalue weighted by molar-refractivity contribution is 0.101. The van der Waals surface area contributed by atoms with Crippen LogP contribution in [-0.4, -0.2) is 34.1 Å². The summed E-state index contributed by atoms with van der Waals surface area (Å²) in [6.07, 6.45) is -0.439. The molecule has 2 N–H and O–H groups in total. The van der Waals surface area contributed by atoms with Gasteiger partial charge in [-0.05, 0) is 56.5 Å². The third-order valence-corrected chi connectivity index (χ3v) is 8.98. The monoisotopic (exact) mass is 529 g/mol. The molecular weight excluding hydrogens is 494 g/mol. The standard InChI is InChI=1S/C27H35N3O4S2/c1-5-26(28-35(31,32)24-16-12-21(3)13-17-24)30(20-23-10-8-7-9-11-23)27(6-2)29-36(33,34)25-18-14-22(4)15-19-25/h7-19,26-29H,5-6,20H2,1-4H3. The lowest BCUT2D eigenvalue weighted by Gasteiger charge is -2.38. The van der Waals surface area contributed by atoms with E-state index in [0.29, 0.717) is 19.4 Å². The molecule has 0 saturated carbocycles. The summed E-state index contributed by atoms with van der Waals surface area (Å²) in [5.41, 5.74) is 2.87. The van der Waals surface area contributed by atoms with Gasteiger partial charge >= 0.3 is 0 Å². The lowest BCUT2D eigenvalue weighted by atomic mass is 10.1. The van der Waals surface area contributed by atoms with Crippen molar-refractivity contribution in [2.45, 2.75) is 69.2 Å². The van der Waals surface area contributed by atoms with Gasteiger partial charge in [-0.2, -0.15) is 9.44 Å². The Balaban J connectivity index is 1.95. The number of aryl methyl sites for hydroxylation is 2. The van der Waals surface area contributed by atoms with Crippen molar-refractivity contribution in [3.8, 4) is 0 Å². The zero-order valence-electron chi connectivity index (χ0n) is 21.2. The van der Waals surface area contributed by atoms with Crippen molar-refractivity contribution in [1.82, 2.24) is 14.3 Å². The molecule has 7 nitrogen and oxygen atoms in total. The maximum absolute atomic E-state index is 13.2. The van der Waals surface area contributed by atoms with Gasteiger partial charge < -0.3 is 0 Å². The fourth-order valence-corrected chi connectivity index (χ4v) is 6.51. The maximum atomic E-state index is 13.2. The topological polar surface area (TPSA) is 95.6 Å². The normalized spacial score (nSPS) is 14.0. The van der Waals surface area contributed by atoms with Crippen molar-refractivity contribution in [3.05, 3.63) is 95.6 Å². The number of nitrogens with one attached hydrogen (secondary N) is 2. The fourth-order valence-electron chi connectivity index (χ4n) is 3.93. The van der Waals surface area contributed by atoms with Crippen LogP contribution in [0.15, 0.2) is 88.7 Å². The molecular formula is C27H35N3O4S2. The Bertz CT molecular complexity index is 1240. The SMILES string of the molecule is CCC(NS(=O)(=O)c1ccc(C)cc1)N(Cc1ccccc1)C(CC)NS(=O)(=O)c1ccc(C)cc1. The van der Waals surface area contributed by atoms with Crippen LogP contribution in [0.4, 0.5) is 0 Å². The first kappa shape index (κ1) is 28.0.